The lowest BCUT2D eigenvalue weighted by molar-refractivity contribution is 0.102. The minimum atomic E-state index is -0.329. The minimum absolute atomic E-state index is 0.0573. The Hall–Kier alpha value is -4.72. The molecule has 0 fully saturated rings. The Labute approximate surface area is 257 Å². The van der Waals surface area contributed by atoms with Gasteiger partial charge in [-0.15, -0.1) is 0 Å². The van der Waals surface area contributed by atoms with Crippen LogP contribution in [0.5, 0.6) is 0 Å². The Morgan fingerprint density at radius 3 is 2.70 bits per heavy atom. The van der Waals surface area contributed by atoms with Crippen LogP contribution in [0, 0.1) is 18.3 Å². The van der Waals surface area contributed by atoms with E-state index in [1.807, 2.05) is 49.4 Å². The van der Waals surface area contributed by atoms with Crippen LogP contribution >= 0.6 is 0 Å². The van der Waals surface area contributed by atoms with Gasteiger partial charge in [-0.25, -0.2) is 0 Å². The van der Waals surface area contributed by atoms with E-state index < -0.39 is 0 Å². The van der Waals surface area contributed by atoms with Crippen LogP contribution in [-0.4, -0.2) is 63.8 Å². The first-order chi connectivity index (χ1) is 21.5. The van der Waals surface area contributed by atoms with E-state index in [4.69, 9.17) is 5.11 Å². The highest BCUT2D eigenvalue weighted by Crippen LogP contribution is 2.32. The average Bonchev–Trinajstić information content (AvgIpc) is 3.05. The standard InChI is InChI=1S/C35H36N6O3/c1-24-29(3-2-4-32(24)40-35(44)34-10-7-26(22-39-34)21-37-14-17-42)30-11-13-38-33(31(30)20-36)9-6-25-5-8-28-23-41(16-18-43)15-12-27(28)19-25/h2-11,13,19,22,37,42-43H,12,14-18,21,23H2,1H3,(H,40,44)/b9-6+. The molecule has 0 unspecified atom stereocenters. The summed E-state index contributed by atoms with van der Waals surface area (Å²) in [6.07, 6.45) is 8.14. The van der Waals surface area contributed by atoms with E-state index in [0.29, 0.717) is 42.3 Å². The third-order valence-electron chi connectivity index (χ3n) is 7.81. The summed E-state index contributed by atoms with van der Waals surface area (Å²) in [5, 5.41) is 34.4. The minimum Gasteiger partial charge on any atom is -0.395 e. The SMILES string of the molecule is Cc1c(NC(=O)c2ccc(CNCCO)cn2)cccc1-c1ccnc(/C=C/c2ccc3c(c2)CCN(CCO)C3)c1C#N. The maximum Gasteiger partial charge on any atom is 0.274 e. The highest BCUT2D eigenvalue weighted by molar-refractivity contribution is 6.03. The number of aliphatic hydroxyl groups excluding tert-OH is 2. The van der Waals surface area contributed by atoms with Gasteiger partial charge < -0.3 is 20.8 Å². The molecule has 9 nitrogen and oxygen atoms in total. The molecule has 5 rings (SSSR count). The predicted molar refractivity (Wildman–Crippen MR) is 172 cm³/mol. The largest absolute Gasteiger partial charge is 0.395 e. The Morgan fingerprint density at radius 1 is 1.05 bits per heavy atom. The van der Waals surface area contributed by atoms with Gasteiger partial charge in [0.25, 0.3) is 5.91 Å². The Morgan fingerprint density at radius 2 is 1.93 bits per heavy atom. The molecular weight excluding hydrogens is 552 g/mol. The first-order valence-corrected chi connectivity index (χ1v) is 14.7. The zero-order valence-electron chi connectivity index (χ0n) is 24.8. The van der Waals surface area contributed by atoms with E-state index in [9.17, 15) is 15.2 Å². The lowest BCUT2D eigenvalue weighted by Crippen LogP contribution is -2.32. The molecule has 44 heavy (non-hydrogen) atoms. The molecule has 2 aromatic carbocycles. The number of nitrogens with one attached hydrogen (secondary N) is 2. The van der Waals surface area contributed by atoms with Gasteiger partial charge in [0, 0.05) is 56.4 Å². The van der Waals surface area contributed by atoms with Crippen LogP contribution in [-0.2, 0) is 19.5 Å². The molecule has 0 radical (unpaired) electrons. The summed E-state index contributed by atoms with van der Waals surface area (Å²) in [7, 11) is 0. The number of aromatic nitrogens is 2. The molecule has 1 amide bonds. The first-order valence-electron chi connectivity index (χ1n) is 14.7. The number of amides is 1. The fourth-order valence-electron chi connectivity index (χ4n) is 5.41. The fourth-order valence-corrected chi connectivity index (χ4v) is 5.41. The molecule has 1 aliphatic rings. The number of carbonyl (C=O) groups is 1. The number of pyridine rings is 2. The summed E-state index contributed by atoms with van der Waals surface area (Å²) >= 11 is 0. The summed E-state index contributed by atoms with van der Waals surface area (Å²) in [6.45, 7) is 5.63. The van der Waals surface area contributed by atoms with Crippen molar-refractivity contribution in [3.05, 3.63) is 112 Å². The van der Waals surface area contributed by atoms with Crippen LogP contribution in [0.2, 0.25) is 0 Å². The van der Waals surface area contributed by atoms with Crippen LogP contribution < -0.4 is 10.6 Å². The third kappa shape index (κ3) is 7.25. The molecule has 0 atom stereocenters. The molecular formula is C35H36N6O3. The number of aliphatic hydroxyl groups is 2. The zero-order valence-corrected chi connectivity index (χ0v) is 24.8. The molecule has 4 aromatic rings. The van der Waals surface area contributed by atoms with Gasteiger partial charge in [-0.2, -0.15) is 5.26 Å². The number of fused-ring (bicyclic) bond motifs is 1. The van der Waals surface area contributed by atoms with Gasteiger partial charge in [-0.05, 0) is 71.0 Å². The highest BCUT2D eigenvalue weighted by atomic mass is 16.3. The first kappa shape index (κ1) is 30.7. The maximum absolute atomic E-state index is 13.0. The molecule has 0 saturated carbocycles. The topological polar surface area (TPSA) is 134 Å². The number of hydrogen-bond acceptors (Lipinski definition) is 8. The van der Waals surface area contributed by atoms with Crippen molar-refractivity contribution in [1.29, 1.82) is 5.26 Å². The molecule has 0 bridgehead atoms. The number of nitriles is 1. The number of nitrogens with zero attached hydrogens (tertiary/aromatic N) is 4. The Balaban J connectivity index is 1.34. The normalized spacial score (nSPS) is 13.0. The second-order valence-corrected chi connectivity index (χ2v) is 10.7. The lowest BCUT2D eigenvalue weighted by Gasteiger charge is -2.28. The van der Waals surface area contributed by atoms with Crippen molar-refractivity contribution in [2.75, 3.05) is 38.2 Å². The van der Waals surface area contributed by atoms with Gasteiger partial charge in [0.1, 0.15) is 11.8 Å². The van der Waals surface area contributed by atoms with Crippen LogP contribution in [0.25, 0.3) is 23.3 Å². The summed E-state index contributed by atoms with van der Waals surface area (Å²) in [5.74, 6) is -0.329. The van der Waals surface area contributed by atoms with Gasteiger partial charge in [0.05, 0.1) is 24.5 Å². The predicted octanol–water partition coefficient (Wildman–Crippen LogP) is 4.18. The molecule has 224 valence electrons. The van der Waals surface area contributed by atoms with Gasteiger partial charge in [-0.1, -0.05) is 42.5 Å². The number of rotatable bonds is 11. The summed E-state index contributed by atoms with van der Waals surface area (Å²) in [6, 6.07) is 19.7. The second-order valence-electron chi connectivity index (χ2n) is 10.7. The van der Waals surface area contributed by atoms with Crippen LogP contribution in [0.4, 0.5) is 5.69 Å². The van der Waals surface area contributed by atoms with Crippen molar-refractivity contribution >= 4 is 23.7 Å². The van der Waals surface area contributed by atoms with E-state index in [2.05, 4.69) is 49.8 Å². The Kier molecular flexibility index (Phi) is 10.2. The fraction of sp³-hybridized carbons (Fsp3) is 0.257. The van der Waals surface area contributed by atoms with Crippen molar-refractivity contribution in [2.24, 2.45) is 0 Å². The Bertz CT molecular complexity index is 1690. The summed E-state index contributed by atoms with van der Waals surface area (Å²) in [5.41, 5.74) is 8.89. The van der Waals surface area contributed by atoms with Crippen molar-refractivity contribution in [3.63, 3.8) is 0 Å². The molecule has 3 heterocycles. The zero-order chi connectivity index (χ0) is 30.9. The molecule has 0 saturated heterocycles. The van der Waals surface area contributed by atoms with Crippen molar-refractivity contribution < 1.29 is 15.0 Å². The van der Waals surface area contributed by atoms with Crippen LogP contribution in [0.15, 0.2) is 67.0 Å². The van der Waals surface area contributed by atoms with E-state index in [-0.39, 0.29) is 19.1 Å². The van der Waals surface area contributed by atoms with Crippen molar-refractivity contribution in [2.45, 2.75) is 26.4 Å². The smallest absolute Gasteiger partial charge is 0.274 e. The highest BCUT2D eigenvalue weighted by Gasteiger charge is 2.17. The van der Waals surface area contributed by atoms with Crippen molar-refractivity contribution in [3.8, 4) is 17.2 Å². The molecule has 1 aliphatic heterocycles. The van der Waals surface area contributed by atoms with E-state index in [0.717, 1.165) is 47.3 Å². The molecule has 0 aliphatic carbocycles. The van der Waals surface area contributed by atoms with Crippen molar-refractivity contribution in [1.82, 2.24) is 20.2 Å². The summed E-state index contributed by atoms with van der Waals surface area (Å²) in [4.78, 5) is 24.1. The van der Waals surface area contributed by atoms with Gasteiger partial charge in [0.2, 0.25) is 0 Å². The quantitative estimate of drug-likeness (QED) is 0.192. The van der Waals surface area contributed by atoms with Gasteiger partial charge in [0.15, 0.2) is 0 Å². The number of β-amino-alcohol motifs (C(OH)–C–C–N with tert-alkyl or cyclic N) is 1. The van der Waals surface area contributed by atoms with Gasteiger partial charge >= 0.3 is 0 Å². The second kappa shape index (κ2) is 14.6. The number of benzene rings is 2. The monoisotopic (exact) mass is 588 g/mol. The number of hydrogen-bond donors (Lipinski definition) is 4. The molecule has 0 spiro atoms. The van der Waals surface area contributed by atoms with Crippen LogP contribution in [0.3, 0.4) is 0 Å². The maximum atomic E-state index is 13.0. The number of anilines is 1. The molecule has 9 heteroatoms. The van der Waals surface area contributed by atoms with E-state index >= 15 is 0 Å². The lowest BCUT2D eigenvalue weighted by atomic mass is 9.94. The van der Waals surface area contributed by atoms with E-state index in [1.54, 1.807) is 18.5 Å². The van der Waals surface area contributed by atoms with E-state index in [1.165, 1.54) is 11.1 Å². The number of carbonyl (C=O) groups excluding carboxylic acids is 1. The molecule has 4 N–H and O–H groups in total. The molecule has 2 aromatic heterocycles. The van der Waals surface area contributed by atoms with Crippen LogP contribution in [0.1, 0.15) is 49.6 Å². The average molecular weight is 589 g/mol. The van der Waals surface area contributed by atoms with Gasteiger partial charge in [-0.3, -0.25) is 19.7 Å². The third-order valence-corrected chi connectivity index (χ3v) is 7.81. The summed E-state index contributed by atoms with van der Waals surface area (Å²) < 4.78 is 0.